The number of aryl methyl sites for hydroxylation is 2. The lowest BCUT2D eigenvalue weighted by atomic mass is 10.1. The molecule has 0 radical (unpaired) electrons. The van der Waals surface area contributed by atoms with Gasteiger partial charge >= 0.3 is 0 Å². The smallest absolute Gasteiger partial charge is 0.261 e. The third-order valence-electron chi connectivity index (χ3n) is 6.25. The molecule has 0 aliphatic heterocycles. The van der Waals surface area contributed by atoms with Crippen molar-refractivity contribution in [3.05, 3.63) is 65.2 Å². The van der Waals surface area contributed by atoms with Gasteiger partial charge in [-0.25, -0.2) is 0 Å². The Labute approximate surface area is 192 Å². The van der Waals surface area contributed by atoms with Crippen molar-refractivity contribution in [1.29, 1.82) is 0 Å². The summed E-state index contributed by atoms with van der Waals surface area (Å²) in [5, 5.41) is 3.18. The summed E-state index contributed by atoms with van der Waals surface area (Å²) in [4.78, 5) is 28.1. The van der Waals surface area contributed by atoms with E-state index in [2.05, 4.69) is 5.32 Å². The highest BCUT2D eigenvalue weighted by Crippen LogP contribution is 2.20. The van der Waals surface area contributed by atoms with Gasteiger partial charge in [0, 0.05) is 12.6 Å². The highest BCUT2D eigenvalue weighted by atomic mass is 16.5. The molecule has 1 N–H and O–H groups in total. The molecule has 5 nitrogen and oxygen atoms in total. The molecule has 0 saturated heterocycles. The van der Waals surface area contributed by atoms with E-state index in [1.165, 1.54) is 0 Å². The molecule has 0 heterocycles. The summed E-state index contributed by atoms with van der Waals surface area (Å²) in [7, 11) is 0. The molecule has 172 valence electrons. The first-order chi connectivity index (χ1) is 15.5. The number of carbonyl (C=O) groups excluding carboxylic acids is 2. The third kappa shape index (κ3) is 6.59. The topological polar surface area (TPSA) is 58.6 Å². The molecule has 2 amide bonds. The number of hydrogen-bond acceptors (Lipinski definition) is 3. The first-order valence-electron chi connectivity index (χ1n) is 11.8. The van der Waals surface area contributed by atoms with Gasteiger partial charge in [0.15, 0.2) is 6.61 Å². The van der Waals surface area contributed by atoms with Gasteiger partial charge in [-0.3, -0.25) is 9.59 Å². The number of nitrogens with zero attached hydrogens (tertiary/aromatic N) is 1. The van der Waals surface area contributed by atoms with Crippen LogP contribution < -0.4 is 10.1 Å². The van der Waals surface area contributed by atoms with Crippen LogP contribution in [0, 0.1) is 13.8 Å². The van der Waals surface area contributed by atoms with E-state index in [0.717, 1.165) is 42.4 Å². The summed E-state index contributed by atoms with van der Waals surface area (Å²) < 4.78 is 5.87. The van der Waals surface area contributed by atoms with Gasteiger partial charge in [0.25, 0.3) is 5.91 Å². The second-order valence-electron chi connectivity index (χ2n) is 8.79. The Bertz CT molecular complexity index is 891. The molecule has 1 unspecified atom stereocenters. The van der Waals surface area contributed by atoms with Crippen LogP contribution in [0.2, 0.25) is 0 Å². The summed E-state index contributed by atoms with van der Waals surface area (Å²) in [5.74, 6) is 0.497. The molecule has 0 spiro atoms. The molecule has 5 heteroatoms. The number of benzene rings is 2. The standard InChI is InChI=1S/C27H36N2O3/c1-4-24(27(31)28-23-12-8-9-13-23)29(17-16-22-10-6-5-7-11-22)26(30)19-32-25-15-14-20(2)18-21(25)3/h5-7,10-11,14-15,18,23-24H,4,8-9,12-13,16-17,19H2,1-3H3,(H,28,31). The fraction of sp³-hybridized carbons (Fsp3) is 0.481. The van der Waals surface area contributed by atoms with Gasteiger partial charge in [0.05, 0.1) is 0 Å². The van der Waals surface area contributed by atoms with Crippen molar-refractivity contribution < 1.29 is 14.3 Å². The third-order valence-corrected chi connectivity index (χ3v) is 6.25. The van der Waals surface area contributed by atoms with Gasteiger partial charge in [-0.1, -0.05) is 67.8 Å². The Morgan fingerprint density at radius 2 is 1.81 bits per heavy atom. The van der Waals surface area contributed by atoms with Crippen LogP contribution in [0.5, 0.6) is 5.75 Å². The highest BCUT2D eigenvalue weighted by Gasteiger charge is 2.30. The molecule has 1 atom stereocenters. The molecular formula is C27H36N2O3. The fourth-order valence-electron chi connectivity index (χ4n) is 4.45. The molecule has 1 aliphatic rings. The Morgan fingerprint density at radius 3 is 2.47 bits per heavy atom. The number of amides is 2. The average Bonchev–Trinajstić information content (AvgIpc) is 3.29. The zero-order valence-electron chi connectivity index (χ0n) is 19.6. The van der Waals surface area contributed by atoms with Crippen LogP contribution >= 0.6 is 0 Å². The van der Waals surface area contributed by atoms with E-state index in [0.29, 0.717) is 25.1 Å². The summed E-state index contributed by atoms with van der Waals surface area (Å²) >= 11 is 0. The van der Waals surface area contributed by atoms with Gasteiger partial charge in [-0.15, -0.1) is 0 Å². The van der Waals surface area contributed by atoms with Gasteiger partial charge in [0.2, 0.25) is 5.91 Å². The van der Waals surface area contributed by atoms with E-state index < -0.39 is 6.04 Å². The average molecular weight is 437 g/mol. The van der Waals surface area contributed by atoms with Crippen LogP contribution in [0.3, 0.4) is 0 Å². The van der Waals surface area contributed by atoms with E-state index in [-0.39, 0.29) is 24.5 Å². The predicted octanol–water partition coefficient (Wildman–Crippen LogP) is 4.59. The lowest BCUT2D eigenvalue weighted by Gasteiger charge is -2.31. The quantitative estimate of drug-likeness (QED) is 0.593. The number of carbonyl (C=O) groups is 2. The van der Waals surface area contributed by atoms with Crippen LogP contribution in [-0.2, 0) is 16.0 Å². The maximum absolute atomic E-state index is 13.3. The number of rotatable bonds is 10. The van der Waals surface area contributed by atoms with Crippen LogP contribution in [0.1, 0.15) is 55.7 Å². The molecular weight excluding hydrogens is 400 g/mol. The molecule has 0 aromatic heterocycles. The molecule has 0 bridgehead atoms. The first-order valence-corrected chi connectivity index (χ1v) is 11.8. The van der Waals surface area contributed by atoms with E-state index in [1.54, 1.807) is 4.90 Å². The zero-order valence-corrected chi connectivity index (χ0v) is 19.6. The lowest BCUT2D eigenvalue weighted by Crippen LogP contribution is -2.53. The van der Waals surface area contributed by atoms with Gasteiger partial charge in [-0.2, -0.15) is 0 Å². The first kappa shape index (κ1) is 23.8. The highest BCUT2D eigenvalue weighted by molar-refractivity contribution is 5.88. The summed E-state index contributed by atoms with van der Waals surface area (Å²) in [6, 6.07) is 15.7. The van der Waals surface area contributed by atoms with Gasteiger partial charge < -0.3 is 15.0 Å². The van der Waals surface area contributed by atoms with Crippen molar-refractivity contribution in [2.75, 3.05) is 13.2 Å². The molecule has 1 fully saturated rings. The predicted molar refractivity (Wildman–Crippen MR) is 128 cm³/mol. The maximum Gasteiger partial charge on any atom is 0.261 e. The number of nitrogens with one attached hydrogen (secondary N) is 1. The molecule has 1 saturated carbocycles. The van der Waals surface area contributed by atoms with Crippen molar-refractivity contribution in [1.82, 2.24) is 10.2 Å². The zero-order chi connectivity index (χ0) is 22.9. The SMILES string of the molecule is CCC(C(=O)NC1CCCC1)N(CCc1ccccc1)C(=O)COc1ccc(C)cc1C. The van der Waals surface area contributed by atoms with E-state index in [9.17, 15) is 9.59 Å². The van der Waals surface area contributed by atoms with E-state index >= 15 is 0 Å². The normalized spacial score (nSPS) is 14.7. The van der Waals surface area contributed by atoms with Crippen LogP contribution in [0.25, 0.3) is 0 Å². The van der Waals surface area contributed by atoms with Crippen molar-refractivity contribution in [2.24, 2.45) is 0 Å². The molecule has 2 aromatic carbocycles. The van der Waals surface area contributed by atoms with Crippen LogP contribution in [0.15, 0.2) is 48.5 Å². The Kier molecular flexibility index (Phi) is 8.72. The Hall–Kier alpha value is -2.82. The van der Waals surface area contributed by atoms with E-state index in [4.69, 9.17) is 4.74 Å². The molecule has 2 aromatic rings. The largest absolute Gasteiger partial charge is 0.483 e. The summed E-state index contributed by atoms with van der Waals surface area (Å²) in [6.45, 7) is 6.38. The Balaban J connectivity index is 1.71. The minimum atomic E-state index is -0.491. The van der Waals surface area contributed by atoms with Crippen LogP contribution in [-0.4, -0.2) is 41.9 Å². The second kappa shape index (κ2) is 11.7. The van der Waals surface area contributed by atoms with Gasteiger partial charge in [-0.05, 0) is 56.7 Å². The van der Waals surface area contributed by atoms with Crippen molar-refractivity contribution in [3.63, 3.8) is 0 Å². The molecule has 1 aliphatic carbocycles. The number of hydrogen-bond donors (Lipinski definition) is 1. The lowest BCUT2D eigenvalue weighted by molar-refractivity contribution is -0.142. The summed E-state index contributed by atoms with van der Waals surface area (Å²) in [6.07, 6.45) is 5.63. The second-order valence-corrected chi connectivity index (χ2v) is 8.79. The van der Waals surface area contributed by atoms with Gasteiger partial charge in [0.1, 0.15) is 11.8 Å². The minimum absolute atomic E-state index is 0.0488. The number of ether oxygens (including phenoxy) is 1. The Morgan fingerprint density at radius 1 is 1.09 bits per heavy atom. The monoisotopic (exact) mass is 436 g/mol. The molecule has 32 heavy (non-hydrogen) atoms. The van der Waals surface area contributed by atoms with Crippen molar-refractivity contribution >= 4 is 11.8 Å². The summed E-state index contributed by atoms with van der Waals surface area (Å²) in [5.41, 5.74) is 3.30. The van der Waals surface area contributed by atoms with Crippen molar-refractivity contribution in [3.8, 4) is 5.75 Å². The van der Waals surface area contributed by atoms with Crippen LogP contribution in [0.4, 0.5) is 0 Å². The minimum Gasteiger partial charge on any atom is -0.483 e. The maximum atomic E-state index is 13.3. The van der Waals surface area contributed by atoms with E-state index in [1.807, 2.05) is 69.3 Å². The fourth-order valence-corrected chi connectivity index (χ4v) is 4.45. The van der Waals surface area contributed by atoms with Crippen molar-refractivity contribution in [2.45, 2.75) is 71.4 Å². The molecule has 3 rings (SSSR count).